The van der Waals surface area contributed by atoms with Crippen LogP contribution in [0.5, 0.6) is 11.5 Å². The highest BCUT2D eigenvalue weighted by Crippen LogP contribution is 2.26. The lowest BCUT2D eigenvalue weighted by Gasteiger charge is -2.32. The Bertz CT molecular complexity index is 1430. The third-order valence-corrected chi connectivity index (χ3v) is 8.39. The summed E-state index contributed by atoms with van der Waals surface area (Å²) in [6, 6.07) is 16.8. The number of nitrogens with zero attached hydrogens (tertiary/aromatic N) is 2. The van der Waals surface area contributed by atoms with E-state index in [1.165, 1.54) is 48.4 Å². The first kappa shape index (κ1) is 32.4. The molecule has 9 nitrogen and oxygen atoms in total. The van der Waals surface area contributed by atoms with Crippen molar-refractivity contribution in [2.45, 2.75) is 51.1 Å². The zero-order valence-electron chi connectivity index (χ0n) is 24.4. The number of benzene rings is 3. The second-order valence-corrected chi connectivity index (χ2v) is 11.4. The summed E-state index contributed by atoms with van der Waals surface area (Å²) in [6.07, 6.45) is 1.66. The molecule has 1 atom stereocenters. The first-order valence-corrected chi connectivity index (χ1v) is 15.3. The summed E-state index contributed by atoms with van der Waals surface area (Å²) >= 11 is 0. The van der Waals surface area contributed by atoms with E-state index in [4.69, 9.17) is 9.47 Å². The highest BCUT2D eigenvalue weighted by atomic mass is 32.2. The topological polar surface area (TPSA) is 105 Å². The van der Waals surface area contributed by atoms with Gasteiger partial charge in [0.1, 0.15) is 29.9 Å². The van der Waals surface area contributed by atoms with Crippen molar-refractivity contribution in [1.29, 1.82) is 0 Å². The summed E-state index contributed by atoms with van der Waals surface area (Å²) in [7, 11) is -2.76. The van der Waals surface area contributed by atoms with Gasteiger partial charge in [-0.3, -0.25) is 13.9 Å². The number of sulfonamides is 1. The van der Waals surface area contributed by atoms with E-state index >= 15 is 0 Å². The maximum atomic E-state index is 14.0. The number of halogens is 1. The van der Waals surface area contributed by atoms with E-state index in [0.29, 0.717) is 30.2 Å². The van der Waals surface area contributed by atoms with Crippen LogP contribution in [0, 0.1) is 5.82 Å². The van der Waals surface area contributed by atoms with Crippen LogP contribution in [-0.4, -0.2) is 58.0 Å². The fourth-order valence-corrected chi connectivity index (χ4v) is 5.64. The summed E-state index contributed by atoms with van der Waals surface area (Å²) < 4.78 is 53.2. The molecule has 3 aromatic carbocycles. The Hall–Kier alpha value is -4.12. The molecule has 0 saturated heterocycles. The smallest absolute Gasteiger partial charge is 0.264 e. The van der Waals surface area contributed by atoms with Crippen LogP contribution in [0.3, 0.4) is 0 Å². The molecular formula is C31H38FN3O6S. The van der Waals surface area contributed by atoms with Gasteiger partial charge in [0.15, 0.2) is 0 Å². The molecule has 2 amide bonds. The normalized spacial score (nSPS) is 11.8. The molecule has 1 N–H and O–H groups in total. The van der Waals surface area contributed by atoms with Gasteiger partial charge in [0.05, 0.1) is 24.3 Å². The van der Waals surface area contributed by atoms with Crippen molar-refractivity contribution < 1.29 is 31.9 Å². The fraction of sp³-hybridized carbons (Fsp3) is 0.355. The summed E-state index contributed by atoms with van der Waals surface area (Å²) in [4.78, 5) is 28.3. The van der Waals surface area contributed by atoms with Gasteiger partial charge in [0.25, 0.3) is 10.0 Å². The number of ether oxygens (including phenoxy) is 2. The van der Waals surface area contributed by atoms with E-state index in [-0.39, 0.29) is 23.0 Å². The van der Waals surface area contributed by atoms with Crippen LogP contribution in [-0.2, 0) is 26.2 Å². The zero-order chi connectivity index (χ0) is 30.7. The predicted molar refractivity (Wildman–Crippen MR) is 159 cm³/mol. The molecule has 0 aliphatic rings. The molecule has 0 radical (unpaired) electrons. The van der Waals surface area contributed by atoms with Crippen LogP contribution < -0.4 is 19.1 Å². The number of rotatable bonds is 15. The molecule has 0 aliphatic carbocycles. The Morgan fingerprint density at radius 2 is 1.67 bits per heavy atom. The van der Waals surface area contributed by atoms with Gasteiger partial charge in [-0.25, -0.2) is 12.8 Å². The van der Waals surface area contributed by atoms with Gasteiger partial charge in [-0.2, -0.15) is 0 Å². The fourth-order valence-electron chi connectivity index (χ4n) is 4.22. The lowest BCUT2D eigenvalue weighted by atomic mass is 10.1. The monoisotopic (exact) mass is 599 g/mol. The standard InChI is InChI=1S/C31H38FN3O6S/c1-5-7-19-33-31(37)23(3)34(21-24-9-8-10-28(20-24)40-4)30(36)22-35(26-13-11-25(32)12-14-26)42(38,39)29-17-15-27(16-18-29)41-6-2/h8-18,20,23H,5-7,19,21-22H2,1-4H3,(H,33,37). The van der Waals surface area contributed by atoms with Crippen molar-refractivity contribution >= 4 is 27.5 Å². The van der Waals surface area contributed by atoms with Crippen molar-refractivity contribution in [2.75, 3.05) is 31.1 Å². The Morgan fingerprint density at radius 1 is 0.976 bits per heavy atom. The highest BCUT2D eigenvalue weighted by molar-refractivity contribution is 7.92. The summed E-state index contributed by atoms with van der Waals surface area (Å²) in [5.41, 5.74) is 0.790. The molecule has 0 aromatic heterocycles. The van der Waals surface area contributed by atoms with Crippen LogP contribution in [0.4, 0.5) is 10.1 Å². The quantitative estimate of drug-likeness (QED) is 0.253. The Morgan fingerprint density at radius 3 is 2.29 bits per heavy atom. The van der Waals surface area contributed by atoms with E-state index in [2.05, 4.69) is 5.32 Å². The van der Waals surface area contributed by atoms with Crippen molar-refractivity contribution in [2.24, 2.45) is 0 Å². The molecule has 0 saturated carbocycles. The number of methoxy groups -OCH3 is 1. The summed E-state index contributed by atoms with van der Waals surface area (Å²) in [5.74, 6) is -0.461. The molecule has 3 aromatic rings. The van der Waals surface area contributed by atoms with Crippen molar-refractivity contribution in [1.82, 2.24) is 10.2 Å². The number of carbonyl (C=O) groups excluding carboxylic acids is 2. The third kappa shape index (κ3) is 8.45. The van der Waals surface area contributed by atoms with E-state index in [1.54, 1.807) is 31.2 Å². The van der Waals surface area contributed by atoms with Gasteiger partial charge in [-0.05, 0) is 86.5 Å². The molecule has 0 aliphatic heterocycles. The number of amides is 2. The largest absolute Gasteiger partial charge is 0.497 e. The van der Waals surface area contributed by atoms with Crippen molar-refractivity contribution in [3.63, 3.8) is 0 Å². The summed E-state index contributed by atoms with van der Waals surface area (Å²) in [6.45, 7) is 5.68. The zero-order valence-corrected chi connectivity index (χ0v) is 25.2. The van der Waals surface area contributed by atoms with Crippen molar-refractivity contribution in [3.05, 3.63) is 84.2 Å². The molecule has 1 unspecified atom stereocenters. The summed E-state index contributed by atoms with van der Waals surface area (Å²) in [5, 5.41) is 2.85. The van der Waals surface area contributed by atoms with E-state index in [0.717, 1.165) is 29.3 Å². The maximum Gasteiger partial charge on any atom is 0.264 e. The second kappa shape index (κ2) is 15.2. The van der Waals surface area contributed by atoms with Crippen LogP contribution in [0.2, 0.25) is 0 Å². The van der Waals surface area contributed by atoms with Crippen LogP contribution in [0.25, 0.3) is 0 Å². The third-order valence-electron chi connectivity index (χ3n) is 6.60. The maximum absolute atomic E-state index is 14.0. The molecule has 226 valence electrons. The van der Waals surface area contributed by atoms with Gasteiger partial charge in [-0.15, -0.1) is 0 Å². The average molecular weight is 600 g/mol. The Labute approximate surface area is 247 Å². The molecule has 0 fully saturated rings. The Balaban J connectivity index is 2.00. The van der Waals surface area contributed by atoms with Gasteiger partial charge in [-0.1, -0.05) is 25.5 Å². The molecule has 42 heavy (non-hydrogen) atoms. The number of hydrogen-bond donors (Lipinski definition) is 1. The van der Waals surface area contributed by atoms with Gasteiger partial charge < -0.3 is 19.7 Å². The SMILES string of the molecule is CCCCNC(=O)C(C)N(Cc1cccc(OC)c1)C(=O)CN(c1ccc(F)cc1)S(=O)(=O)c1ccc(OCC)cc1. The predicted octanol–water partition coefficient (Wildman–Crippen LogP) is 4.76. The minimum Gasteiger partial charge on any atom is -0.497 e. The number of unbranched alkanes of at least 4 members (excludes halogenated alkanes) is 1. The molecule has 11 heteroatoms. The number of nitrogens with one attached hydrogen (secondary N) is 1. The van der Waals surface area contributed by atoms with Gasteiger partial charge in [0, 0.05) is 13.1 Å². The highest BCUT2D eigenvalue weighted by Gasteiger charge is 2.32. The molecule has 0 spiro atoms. The van der Waals surface area contributed by atoms with E-state index in [9.17, 15) is 22.4 Å². The Kier molecular flexibility index (Phi) is 11.7. The first-order chi connectivity index (χ1) is 20.1. The van der Waals surface area contributed by atoms with Gasteiger partial charge in [0.2, 0.25) is 11.8 Å². The second-order valence-electron chi connectivity index (χ2n) is 9.59. The molecule has 0 heterocycles. The lowest BCUT2D eigenvalue weighted by Crippen LogP contribution is -2.51. The molecular weight excluding hydrogens is 561 g/mol. The average Bonchev–Trinajstić information content (AvgIpc) is 2.99. The first-order valence-electron chi connectivity index (χ1n) is 13.8. The number of anilines is 1. The lowest BCUT2D eigenvalue weighted by molar-refractivity contribution is -0.139. The van der Waals surface area contributed by atoms with E-state index in [1.807, 2.05) is 13.8 Å². The number of carbonyl (C=O) groups is 2. The van der Waals surface area contributed by atoms with Crippen LogP contribution in [0.15, 0.2) is 77.7 Å². The molecule has 0 bridgehead atoms. The van der Waals surface area contributed by atoms with Crippen LogP contribution in [0.1, 0.15) is 39.2 Å². The number of hydrogen-bond acceptors (Lipinski definition) is 6. The van der Waals surface area contributed by atoms with Crippen LogP contribution >= 0.6 is 0 Å². The minimum atomic E-state index is -4.29. The molecule has 3 rings (SSSR count). The van der Waals surface area contributed by atoms with E-state index < -0.39 is 34.3 Å². The minimum absolute atomic E-state index is 0.0265. The van der Waals surface area contributed by atoms with Crippen molar-refractivity contribution in [3.8, 4) is 11.5 Å². The van der Waals surface area contributed by atoms with Gasteiger partial charge >= 0.3 is 0 Å².